The van der Waals surface area contributed by atoms with E-state index in [-0.39, 0.29) is 24.3 Å². The minimum Gasteiger partial charge on any atom is -0.494 e. The molecule has 12 heteroatoms. The Bertz CT molecular complexity index is 2270. The highest BCUT2D eigenvalue weighted by atomic mass is 127. The van der Waals surface area contributed by atoms with Crippen molar-refractivity contribution in [2.75, 3.05) is 20.3 Å². The van der Waals surface area contributed by atoms with E-state index < -0.39 is 12.0 Å². The van der Waals surface area contributed by atoms with Crippen LogP contribution in [-0.4, -0.2) is 30.9 Å². The van der Waals surface area contributed by atoms with Crippen LogP contribution in [0.3, 0.4) is 0 Å². The molecule has 1 aromatic heterocycles. The molecule has 0 bridgehead atoms. The maximum Gasteiger partial charge on any atom is 0.338 e. The molecule has 0 radical (unpaired) electrons. The number of rotatable bonds is 11. The van der Waals surface area contributed by atoms with Crippen molar-refractivity contribution < 1.29 is 23.7 Å². The van der Waals surface area contributed by atoms with Crippen molar-refractivity contribution in [3.05, 3.63) is 146 Å². The van der Waals surface area contributed by atoms with Crippen molar-refractivity contribution in [2.24, 2.45) is 4.99 Å². The predicted molar refractivity (Wildman–Crippen MR) is 205 cm³/mol. The molecule has 0 amide bonds. The lowest BCUT2D eigenvalue weighted by Crippen LogP contribution is -2.40. The summed E-state index contributed by atoms with van der Waals surface area (Å²) >= 11 is 15.7. The highest BCUT2D eigenvalue weighted by Crippen LogP contribution is 2.37. The first-order chi connectivity index (χ1) is 24.2. The Morgan fingerprint density at radius 2 is 1.72 bits per heavy atom. The Morgan fingerprint density at radius 1 is 0.960 bits per heavy atom. The standard InChI is InChI=1S/C38H31Cl2IN2O6S/c1-4-47-26-14-12-25(13-15-26)34-32(37(45)48-5-2)33(24-9-7-6-8-10-24)42-38-43(34)36(44)31(50-38)20-23-18-29(41)35(30(19-23)46-3)49-21-22-11-16-27(39)28(40)17-22/h6-20,34H,4-5,21H2,1-3H3/b31-20-/t34-/m1/s1. The van der Waals surface area contributed by atoms with Gasteiger partial charge in [0.25, 0.3) is 5.56 Å². The molecule has 2 heterocycles. The zero-order valence-electron chi connectivity index (χ0n) is 27.2. The van der Waals surface area contributed by atoms with E-state index in [2.05, 4.69) is 22.6 Å². The van der Waals surface area contributed by atoms with Gasteiger partial charge in [0.15, 0.2) is 16.3 Å². The van der Waals surface area contributed by atoms with Gasteiger partial charge in [0.1, 0.15) is 12.4 Å². The number of fused-ring (bicyclic) bond motifs is 1. The summed E-state index contributed by atoms with van der Waals surface area (Å²) in [6, 6.07) is 25.1. The number of thiazole rings is 1. The molecule has 256 valence electrons. The number of carbonyl (C=O) groups is 1. The fourth-order valence-electron chi connectivity index (χ4n) is 5.57. The number of aromatic nitrogens is 1. The molecule has 1 atom stereocenters. The van der Waals surface area contributed by atoms with Crippen molar-refractivity contribution in [3.63, 3.8) is 0 Å². The van der Waals surface area contributed by atoms with Crippen LogP contribution in [0.25, 0.3) is 11.8 Å². The van der Waals surface area contributed by atoms with Gasteiger partial charge in [0.2, 0.25) is 0 Å². The Morgan fingerprint density at radius 3 is 2.40 bits per heavy atom. The molecule has 0 unspecified atom stereocenters. The molecule has 0 spiro atoms. The number of hydrogen-bond donors (Lipinski definition) is 0. The SMILES string of the molecule is CCOC(=O)C1=C(c2ccccc2)N=c2s/c(=C\c3cc(I)c(OCc4ccc(Cl)c(Cl)c4)c(OC)c3)c(=O)n2[C@@H]1c1ccc(OCC)cc1. The minimum atomic E-state index is -0.801. The third-order valence-corrected chi connectivity index (χ3v) is 10.3. The monoisotopic (exact) mass is 840 g/mol. The maximum atomic E-state index is 14.4. The molecule has 5 aromatic rings. The third kappa shape index (κ3) is 7.48. The number of ether oxygens (including phenoxy) is 4. The second-order valence-corrected chi connectivity index (χ2v) is 14.0. The number of esters is 1. The van der Waals surface area contributed by atoms with Crippen molar-refractivity contribution >= 4 is 74.9 Å². The van der Waals surface area contributed by atoms with Crippen molar-refractivity contribution in [3.8, 4) is 17.2 Å². The first-order valence-corrected chi connectivity index (χ1v) is 18.3. The van der Waals surface area contributed by atoms with E-state index in [0.717, 1.165) is 20.3 Å². The van der Waals surface area contributed by atoms with Crippen LogP contribution in [-0.2, 0) is 16.1 Å². The van der Waals surface area contributed by atoms with Crippen LogP contribution in [0.15, 0.2) is 100 Å². The van der Waals surface area contributed by atoms with E-state index in [9.17, 15) is 9.59 Å². The summed E-state index contributed by atoms with van der Waals surface area (Å²) in [4.78, 5) is 33.5. The van der Waals surface area contributed by atoms with Gasteiger partial charge in [-0.05, 0) is 95.6 Å². The van der Waals surface area contributed by atoms with Gasteiger partial charge >= 0.3 is 5.97 Å². The predicted octanol–water partition coefficient (Wildman–Crippen LogP) is 7.83. The minimum absolute atomic E-state index is 0.165. The maximum absolute atomic E-state index is 14.4. The van der Waals surface area contributed by atoms with Gasteiger partial charge in [-0.15, -0.1) is 0 Å². The molecule has 4 aromatic carbocycles. The highest BCUT2D eigenvalue weighted by molar-refractivity contribution is 14.1. The molecular weight excluding hydrogens is 810 g/mol. The zero-order chi connectivity index (χ0) is 35.4. The number of carbonyl (C=O) groups excluding carboxylic acids is 1. The summed E-state index contributed by atoms with van der Waals surface area (Å²) in [5.74, 6) is 1.19. The molecule has 0 saturated heterocycles. The lowest BCUT2D eigenvalue weighted by atomic mass is 9.93. The molecular formula is C38H31Cl2IN2O6S. The first kappa shape index (κ1) is 35.7. The van der Waals surface area contributed by atoms with E-state index in [1.807, 2.05) is 79.7 Å². The molecule has 50 heavy (non-hydrogen) atoms. The Kier molecular flexibility index (Phi) is 11.3. The van der Waals surface area contributed by atoms with Gasteiger partial charge in [0, 0.05) is 5.56 Å². The normalized spacial score (nSPS) is 14.2. The molecule has 0 fully saturated rings. The van der Waals surface area contributed by atoms with Gasteiger partial charge in [0.05, 0.1) is 55.8 Å². The van der Waals surface area contributed by atoms with E-state index in [0.29, 0.717) is 54.5 Å². The summed E-state index contributed by atoms with van der Waals surface area (Å²) < 4.78 is 25.9. The van der Waals surface area contributed by atoms with Gasteiger partial charge in [-0.2, -0.15) is 0 Å². The molecule has 1 aliphatic rings. The van der Waals surface area contributed by atoms with Crippen molar-refractivity contribution in [2.45, 2.75) is 26.5 Å². The topological polar surface area (TPSA) is 88.4 Å². The number of methoxy groups -OCH3 is 1. The van der Waals surface area contributed by atoms with Crippen LogP contribution >= 0.6 is 57.1 Å². The molecule has 8 nitrogen and oxygen atoms in total. The average molecular weight is 842 g/mol. The molecule has 0 N–H and O–H groups in total. The fourth-order valence-corrected chi connectivity index (χ4v) is 7.67. The van der Waals surface area contributed by atoms with Crippen LogP contribution in [0.5, 0.6) is 17.2 Å². The second kappa shape index (κ2) is 15.8. The van der Waals surface area contributed by atoms with E-state index in [4.69, 9.17) is 47.1 Å². The van der Waals surface area contributed by atoms with Gasteiger partial charge in [-0.3, -0.25) is 9.36 Å². The third-order valence-electron chi connectivity index (χ3n) is 7.80. The molecule has 0 saturated carbocycles. The number of halogens is 3. The molecule has 6 rings (SSSR count). The van der Waals surface area contributed by atoms with Crippen molar-refractivity contribution in [1.29, 1.82) is 0 Å². The number of benzene rings is 4. The van der Waals surface area contributed by atoms with E-state index in [1.165, 1.54) is 11.3 Å². The first-order valence-electron chi connectivity index (χ1n) is 15.7. The zero-order valence-corrected chi connectivity index (χ0v) is 31.7. The van der Waals surface area contributed by atoms with E-state index >= 15 is 0 Å². The largest absolute Gasteiger partial charge is 0.494 e. The summed E-state index contributed by atoms with van der Waals surface area (Å²) in [7, 11) is 1.56. The summed E-state index contributed by atoms with van der Waals surface area (Å²) in [6.45, 7) is 4.59. The quantitative estimate of drug-likeness (QED) is 0.0996. The molecule has 0 aliphatic carbocycles. The average Bonchev–Trinajstić information content (AvgIpc) is 3.43. The fraction of sp³-hybridized carbons (Fsp3) is 0.184. The number of hydrogen-bond acceptors (Lipinski definition) is 8. The van der Waals surface area contributed by atoms with Crippen LogP contribution in [0, 0.1) is 3.57 Å². The second-order valence-electron chi connectivity index (χ2n) is 11.0. The van der Waals surface area contributed by atoms with Gasteiger partial charge < -0.3 is 18.9 Å². The lowest BCUT2D eigenvalue weighted by molar-refractivity contribution is -0.138. The summed E-state index contributed by atoms with van der Waals surface area (Å²) in [5, 5.41) is 0.915. The van der Waals surface area contributed by atoms with Gasteiger partial charge in [-0.25, -0.2) is 9.79 Å². The Labute approximate surface area is 316 Å². The van der Waals surface area contributed by atoms with Crippen LogP contribution in [0.1, 0.15) is 42.1 Å². The Balaban J connectivity index is 1.47. The lowest BCUT2D eigenvalue weighted by Gasteiger charge is -2.26. The number of nitrogens with zero attached hydrogens (tertiary/aromatic N) is 2. The van der Waals surface area contributed by atoms with Crippen LogP contribution in [0.4, 0.5) is 0 Å². The van der Waals surface area contributed by atoms with Gasteiger partial charge in [-0.1, -0.05) is 83.1 Å². The van der Waals surface area contributed by atoms with Crippen LogP contribution < -0.4 is 29.1 Å². The Hall–Kier alpha value is -4.10. The van der Waals surface area contributed by atoms with E-state index in [1.54, 1.807) is 36.8 Å². The summed E-state index contributed by atoms with van der Waals surface area (Å²) in [6.07, 6.45) is 1.79. The smallest absolute Gasteiger partial charge is 0.338 e. The molecule has 1 aliphatic heterocycles. The summed E-state index contributed by atoms with van der Waals surface area (Å²) in [5.41, 5.74) is 3.46. The van der Waals surface area contributed by atoms with Crippen molar-refractivity contribution in [1.82, 2.24) is 4.57 Å². The van der Waals surface area contributed by atoms with Crippen LogP contribution in [0.2, 0.25) is 10.0 Å². The highest BCUT2D eigenvalue weighted by Gasteiger charge is 2.35.